The average molecular weight is 310 g/mol. The lowest BCUT2D eigenvalue weighted by molar-refractivity contribution is -0.120. The van der Waals surface area contributed by atoms with Gasteiger partial charge in [-0.15, -0.1) is 0 Å². The van der Waals surface area contributed by atoms with E-state index in [1.54, 1.807) is 7.11 Å². The number of hydrogen-bond donors (Lipinski definition) is 0. The van der Waals surface area contributed by atoms with Gasteiger partial charge in [-0.25, -0.2) is 0 Å². The molecule has 3 heteroatoms. The van der Waals surface area contributed by atoms with Crippen LogP contribution in [0.15, 0.2) is 60.7 Å². The molecule has 0 bridgehead atoms. The standard InChI is InChI=1S/C20H22O3/c1-21-20-18(15-10-6-3-7-11-15)23-17-13-12-16(22-19(17)20)14-8-4-2-5-9-14/h2-11,16-20H,12-13H2,1H3/t16-,17+,18-,19+,20-/m0/s1. The van der Waals surface area contributed by atoms with E-state index in [0.29, 0.717) is 0 Å². The fraction of sp³-hybridized carbons (Fsp3) is 0.400. The predicted molar refractivity (Wildman–Crippen MR) is 88.1 cm³/mol. The first-order valence-corrected chi connectivity index (χ1v) is 8.30. The van der Waals surface area contributed by atoms with Gasteiger partial charge in [-0.3, -0.25) is 0 Å². The minimum absolute atomic E-state index is 0.0100. The monoisotopic (exact) mass is 310 g/mol. The van der Waals surface area contributed by atoms with E-state index < -0.39 is 0 Å². The second kappa shape index (κ2) is 6.44. The number of ether oxygens (including phenoxy) is 3. The molecule has 0 radical (unpaired) electrons. The van der Waals surface area contributed by atoms with Gasteiger partial charge >= 0.3 is 0 Å². The summed E-state index contributed by atoms with van der Waals surface area (Å²) >= 11 is 0. The molecule has 2 saturated heterocycles. The van der Waals surface area contributed by atoms with Crippen LogP contribution in [-0.4, -0.2) is 25.4 Å². The van der Waals surface area contributed by atoms with Crippen LogP contribution >= 0.6 is 0 Å². The summed E-state index contributed by atoms with van der Waals surface area (Å²) in [5.41, 5.74) is 2.40. The van der Waals surface area contributed by atoms with Crippen LogP contribution in [0.5, 0.6) is 0 Å². The summed E-state index contributed by atoms with van der Waals surface area (Å²) in [6.45, 7) is 0. The molecule has 2 aromatic rings. The third-order valence-corrected chi connectivity index (χ3v) is 4.92. The van der Waals surface area contributed by atoms with Gasteiger partial charge in [-0.2, -0.15) is 0 Å². The van der Waals surface area contributed by atoms with Gasteiger partial charge in [0.15, 0.2) is 0 Å². The predicted octanol–water partition coefficient (Wildman–Crippen LogP) is 4.06. The van der Waals surface area contributed by atoms with Crippen molar-refractivity contribution in [3.8, 4) is 0 Å². The second-order valence-corrected chi connectivity index (χ2v) is 6.28. The number of methoxy groups -OCH3 is 1. The highest BCUT2D eigenvalue weighted by Crippen LogP contribution is 2.44. The summed E-state index contributed by atoms with van der Waals surface area (Å²) in [6.07, 6.45) is 2.12. The van der Waals surface area contributed by atoms with Crippen molar-refractivity contribution in [3.63, 3.8) is 0 Å². The summed E-state index contributed by atoms with van der Waals surface area (Å²) in [5.74, 6) is 0. The van der Waals surface area contributed by atoms with E-state index >= 15 is 0 Å². The van der Waals surface area contributed by atoms with Gasteiger partial charge in [0.2, 0.25) is 0 Å². The Morgan fingerprint density at radius 3 is 2.13 bits per heavy atom. The zero-order valence-corrected chi connectivity index (χ0v) is 13.3. The van der Waals surface area contributed by atoms with E-state index in [1.165, 1.54) is 5.56 Å². The lowest BCUT2D eigenvalue weighted by atomic mass is 9.93. The molecule has 2 aliphatic heterocycles. The SMILES string of the molecule is CO[C@@H]1[C@@H]2O[C@H](c3ccccc3)CC[C@H]2O[C@H]1c1ccccc1. The zero-order chi connectivity index (χ0) is 15.6. The summed E-state index contributed by atoms with van der Waals surface area (Å²) < 4.78 is 18.5. The molecule has 0 spiro atoms. The van der Waals surface area contributed by atoms with Gasteiger partial charge in [-0.05, 0) is 24.0 Å². The topological polar surface area (TPSA) is 27.7 Å². The fourth-order valence-corrected chi connectivity index (χ4v) is 3.78. The van der Waals surface area contributed by atoms with Gasteiger partial charge < -0.3 is 14.2 Å². The van der Waals surface area contributed by atoms with Crippen LogP contribution in [0.4, 0.5) is 0 Å². The first-order chi connectivity index (χ1) is 11.4. The molecule has 0 saturated carbocycles. The molecule has 0 N–H and O–H groups in total. The van der Waals surface area contributed by atoms with Crippen LogP contribution < -0.4 is 0 Å². The molecule has 0 aromatic heterocycles. The van der Waals surface area contributed by atoms with Crippen molar-refractivity contribution in [2.75, 3.05) is 7.11 Å². The van der Waals surface area contributed by atoms with Crippen molar-refractivity contribution in [3.05, 3.63) is 71.8 Å². The lowest BCUT2D eigenvalue weighted by Gasteiger charge is -2.33. The molecule has 0 unspecified atom stereocenters. The van der Waals surface area contributed by atoms with Crippen molar-refractivity contribution >= 4 is 0 Å². The van der Waals surface area contributed by atoms with E-state index in [-0.39, 0.29) is 30.5 Å². The Bertz CT molecular complexity index is 628. The smallest absolute Gasteiger partial charge is 0.116 e. The minimum atomic E-state index is -0.0612. The maximum Gasteiger partial charge on any atom is 0.116 e. The summed E-state index contributed by atoms with van der Waals surface area (Å²) in [7, 11) is 1.75. The number of hydrogen-bond acceptors (Lipinski definition) is 3. The highest BCUT2D eigenvalue weighted by atomic mass is 16.6. The molecule has 120 valence electrons. The Kier molecular flexibility index (Phi) is 4.17. The van der Waals surface area contributed by atoms with Crippen molar-refractivity contribution in [1.82, 2.24) is 0 Å². The molecule has 2 aliphatic rings. The molecule has 0 amide bonds. The Labute approximate surface area is 137 Å². The highest BCUT2D eigenvalue weighted by Gasteiger charge is 2.49. The van der Waals surface area contributed by atoms with Crippen molar-refractivity contribution in [2.45, 2.75) is 43.4 Å². The maximum atomic E-state index is 6.40. The quantitative estimate of drug-likeness (QED) is 0.855. The molecular weight excluding hydrogens is 288 g/mol. The van der Waals surface area contributed by atoms with Crippen LogP contribution in [0.2, 0.25) is 0 Å². The van der Waals surface area contributed by atoms with Crippen LogP contribution in [0.3, 0.4) is 0 Å². The van der Waals surface area contributed by atoms with Gasteiger partial charge in [0, 0.05) is 7.11 Å². The molecule has 3 nitrogen and oxygen atoms in total. The van der Waals surface area contributed by atoms with Crippen LogP contribution in [0.25, 0.3) is 0 Å². The first kappa shape index (κ1) is 14.9. The lowest BCUT2D eigenvalue weighted by Crippen LogP contribution is -2.39. The van der Waals surface area contributed by atoms with Crippen LogP contribution in [0.1, 0.15) is 36.2 Å². The maximum absolute atomic E-state index is 6.40. The van der Waals surface area contributed by atoms with Gasteiger partial charge in [0.1, 0.15) is 18.3 Å². The minimum Gasteiger partial charge on any atom is -0.376 e. The van der Waals surface area contributed by atoms with Crippen molar-refractivity contribution in [2.24, 2.45) is 0 Å². The molecule has 4 rings (SSSR count). The summed E-state index contributed by atoms with van der Waals surface area (Å²) in [4.78, 5) is 0. The molecule has 2 aromatic carbocycles. The van der Waals surface area contributed by atoms with Gasteiger partial charge in [0.05, 0.1) is 12.2 Å². The molecular formula is C20H22O3. The second-order valence-electron chi connectivity index (χ2n) is 6.28. The summed E-state index contributed by atoms with van der Waals surface area (Å²) in [6, 6.07) is 20.8. The Hall–Kier alpha value is -1.68. The molecule has 2 fully saturated rings. The Morgan fingerprint density at radius 2 is 1.48 bits per heavy atom. The number of fused-ring (bicyclic) bond motifs is 1. The van der Waals surface area contributed by atoms with E-state index in [4.69, 9.17) is 14.2 Å². The number of rotatable bonds is 3. The summed E-state index contributed by atoms with van der Waals surface area (Å²) in [5, 5.41) is 0. The van der Waals surface area contributed by atoms with E-state index in [2.05, 4.69) is 36.4 Å². The Morgan fingerprint density at radius 1 is 0.826 bits per heavy atom. The van der Waals surface area contributed by atoms with Crippen LogP contribution in [0, 0.1) is 0 Å². The van der Waals surface area contributed by atoms with E-state index in [1.807, 2.05) is 24.3 Å². The van der Waals surface area contributed by atoms with Gasteiger partial charge in [0.25, 0.3) is 0 Å². The van der Waals surface area contributed by atoms with Crippen LogP contribution in [-0.2, 0) is 14.2 Å². The number of benzene rings is 2. The average Bonchev–Trinajstić information content (AvgIpc) is 3.01. The fourth-order valence-electron chi connectivity index (χ4n) is 3.78. The van der Waals surface area contributed by atoms with Crippen molar-refractivity contribution < 1.29 is 14.2 Å². The molecule has 2 heterocycles. The molecule has 0 aliphatic carbocycles. The zero-order valence-electron chi connectivity index (χ0n) is 13.3. The molecule has 5 atom stereocenters. The molecule has 23 heavy (non-hydrogen) atoms. The third-order valence-electron chi connectivity index (χ3n) is 4.92. The van der Waals surface area contributed by atoms with E-state index in [9.17, 15) is 0 Å². The largest absolute Gasteiger partial charge is 0.376 e. The highest BCUT2D eigenvalue weighted by molar-refractivity contribution is 5.22. The van der Waals surface area contributed by atoms with E-state index in [0.717, 1.165) is 18.4 Å². The van der Waals surface area contributed by atoms with Crippen molar-refractivity contribution in [1.29, 1.82) is 0 Å². The van der Waals surface area contributed by atoms with Gasteiger partial charge in [-0.1, -0.05) is 60.7 Å². The Balaban J connectivity index is 1.56. The third kappa shape index (κ3) is 2.80. The normalized spacial score (nSPS) is 33.3. The first-order valence-electron chi connectivity index (χ1n) is 8.30.